The minimum atomic E-state index is -1.29. The largest absolute Gasteiger partial charge is 0.483 e. The molecule has 11 heteroatoms. The van der Waals surface area contributed by atoms with Gasteiger partial charge in [-0.3, -0.25) is 4.79 Å². The Morgan fingerprint density at radius 3 is 2.27 bits per heavy atom. The molecular weight excluding hydrogens is 933 g/mol. The molecule has 11 nitrogen and oxygen atoms in total. The molecule has 3 N–H and O–H groups in total. The Bertz CT molecular complexity index is 2880. The van der Waals surface area contributed by atoms with Gasteiger partial charge in [-0.15, -0.1) is 0 Å². The highest BCUT2D eigenvalue weighted by molar-refractivity contribution is 5.90. The summed E-state index contributed by atoms with van der Waals surface area (Å²) in [6.45, 7) is 2.67. The summed E-state index contributed by atoms with van der Waals surface area (Å²) < 4.78 is 32.6. The van der Waals surface area contributed by atoms with Gasteiger partial charge in [0.2, 0.25) is 0 Å². The fourth-order valence-electron chi connectivity index (χ4n) is 14.2. The lowest BCUT2D eigenvalue weighted by Gasteiger charge is -2.48. The summed E-state index contributed by atoms with van der Waals surface area (Å²) >= 11 is 0. The summed E-state index contributed by atoms with van der Waals surface area (Å²) in [7, 11) is 1.51. The maximum absolute atomic E-state index is 15.4. The third kappa shape index (κ3) is 9.90. The van der Waals surface area contributed by atoms with Crippen molar-refractivity contribution in [3.8, 4) is 5.75 Å². The maximum atomic E-state index is 15.4. The molecule has 3 aliphatic carbocycles. The molecule has 4 aromatic carbocycles. The highest BCUT2D eigenvalue weighted by atomic mass is 16.6. The Morgan fingerprint density at radius 2 is 1.55 bits per heavy atom. The standard InChI is InChI=1S/C63H74O11/c1-39(36-65)49-25-21-40-19-22-41(23-20-40)50-26-24-43(42-13-12-18-48(34-42)63(30-10-5-11-31-63)47-16-6-4-7-17-47)33-45(50)35-54(67)71-58-56-53(74-62(2,46-14-8-9-15-46)59(58)73-60(49)68)28-27-51-52(37-66)55(61(69)72-57(51)56)44(29-32-64)38-70-3/h4,6-7,12-13,16-20,22-23,27-28,34,43-46,50,58-59,64-66H,5,8-11,14-15,21,24-26,29-33,35-38H2,1-3H3. The highest BCUT2D eigenvalue weighted by Gasteiger charge is 2.57. The Kier molecular flexibility index (Phi) is 15.6. The second-order valence-electron chi connectivity index (χ2n) is 22.3. The first-order chi connectivity index (χ1) is 36.0. The Morgan fingerprint density at radius 1 is 0.797 bits per heavy atom. The Labute approximate surface area is 435 Å². The number of esters is 2. The number of aliphatic hydroxyl groups excluding tert-OH is 3. The molecule has 392 valence electrons. The second kappa shape index (κ2) is 22.3. The van der Waals surface area contributed by atoms with Crippen molar-refractivity contribution >= 4 is 22.9 Å². The predicted octanol–water partition coefficient (Wildman–Crippen LogP) is 11.5. The molecule has 3 fully saturated rings. The summed E-state index contributed by atoms with van der Waals surface area (Å²) in [5, 5.41) is 32.0. The summed E-state index contributed by atoms with van der Waals surface area (Å²) in [4.78, 5) is 44.7. The summed E-state index contributed by atoms with van der Waals surface area (Å²) in [5.74, 6) is -1.30. The van der Waals surface area contributed by atoms with E-state index < -0.39 is 47.9 Å². The van der Waals surface area contributed by atoms with E-state index in [1.54, 1.807) is 19.1 Å². The van der Waals surface area contributed by atoms with E-state index in [1.165, 1.54) is 43.1 Å². The SMILES string of the molecule is COCC(CCO)c1c(CO)c2ccc3c(c2oc1=O)C1OC(=O)CC2CC(c4cccc(C5(c6ccccc6)CCCCC5)c4)CCC2c2ccc(cc2)CCC(=C(C)CO)C(=O)OC1C(C)(C1CCCC1)O3. The molecule has 4 heterocycles. The first kappa shape index (κ1) is 51.9. The van der Waals surface area contributed by atoms with Crippen LogP contribution in [0.2, 0.25) is 0 Å². The number of carbonyl (C=O) groups is 2. The third-order valence-corrected chi connectivity index (χ3v) is 18.2. The number of methoxy groups -OCH3 is 1. The van der Waals surface area contributed by atoms with Crippen molar-refractivity contribution in [2.75, 3.05) is 26.9 Å². The number of benzene rings is 4. The smallest absolute Gasteiger partial charge is 0.340 e. The zero-order valence-corrected chi connectivity index (χ0v) is 43.5. The molecule has 11 rings (SSSR count). The maximum Gasteiger partial charge on any atom is 0.340 e. The number of ether oxygens (including phenoxy) is 4. The lowest BCUT2D eigenvalue weighted by Crippen LogP contribution is -2.58. The van der Waals surface area contributed by atoms with Gasteiger partial charge in [0.15, 0.2) is 12.2 Å². The molecule has 0 saturated heterocycles. The number of aliphatic hydroxyl groups is 3. The molecule has 6 aliphatic rings. The minimum Gasteiger partial charge on any atom is -0.483 e. The fourth-order valence-corrected chi connectivity index (χ4v) is 14.2. The third-order valence-electron chi connectivity index (χ3n) is 18.2. The van der Waals surface area contributed by atoms with Gasteiger partial charge in [-0.25, -0.2) is 9.59 Å². The van der Waals surface area contributed by atoms with Crippen LogP contribution in [0.4, 0.5) is 0 Å². The van der Waals surface area contributed by atoms with Crippen LogP contribution in [0, 0.1) is 11.8 Å². The molecular formula is C63H74O11. The van der Waals surface area contributed by atoms with Gasteiger partial charge in [0.25, 0.3) is 0 Å². The Balaban J connectivity index is 1.09. The van der Waals surface area contributed by atoms with Crippen LogP contribution in [0.1, 0.15) is 179 Å². The molecule has 74 heavy (non-hydrogen) atoms. The van der Waals surface area contributed by atoms with E-state index in [0.29, 0.717) is 40.7 Å². The van der Waals surface area contributed by atoms with E-state index in [0.717, 1.165) is 68.9 Å². The van der Waals surface area contributed by atoms with E-state index in [9.17, 15) is 24.9 Å². The molecule has 3 saturated carbocycles. The van der Waals surface area contributed by atoms with Gasteiger partial charge in [-0.05, 0) is 147 Å². The van der Waals surface area contributed by atoms with Gasteiger partial charge in [0, 0.05) is 53.9 Å². The molecule has 5 aromatic rings. The molecule has 3 aliphatic heterocycles. The molecule has 0 radical (unpaired) electrons. The van der Waals surface area contributed by atoms with Crippen LogP contribution < -0.4 is 10.4 Å². The summed E-state index contributed by atoms with van der Waals surface area (Å²) in [5.41, 5.74) is 5.89. The Hall–Kier alpha value is -5.59. The molecule has 0 amide bonds. The number of carbonyl (C=O) groups excluding carboxylic acids is 2. The lowest BCUT2D eigenvalue weighted by atomic mass is 9.64. The van der Waals surface area contributed by atoms with Crippen LogP contribution in [-0.2, 0) is 42.2 Å². The summed E-state index contributed by atoms with van der Waals surface area (Å²) in [6, 6.07) is 32.4. The van der Waals surface area contributed by atoms with Crippen molar-refractivity contribution in [3.05, 3.63) is 157 Å². The average molecular weight is 1010 g/mol. The minimum absolute atomic E-state index is 0.0472. The monoisotopic (exact) mass is 1010 g/mol. The number of aryl methyl sites for hydroxylation is 1. The van der Waals surface area contributed by atoms with Gasteiger partial charge < -0.3 is 38.7 Å². The first-order valence-electron chi connectivity index (χ1n) is 27.5. The molecule has 1 aromatic heterocycles. The number of fused-ring (bicyclic) bond motifs is 11. The van der Waals surface area contributed by atoms with Crippen molar-refractivity contribution in [1.29, 1.82) is 0 Å². The zero-order valence-electron chi connectivity index (χ0n) is 43.5. The van der Waals surface area contributed by atoms with E-state index >= 15 is 4.79 Å². The average Bonchev–Trinajstić information content (AvgIpc) is 3.99. The molecule has 0 spiro atoms. The quantitative estimate of drug-likeness (QED) is 0.0656. The van der Waals surface area contributed by atoms with Crippen LogP contribution >= 0.6 is 0 Å². The summed E-state index contributed by atoms with van der Waals surface area (Å²) in [6.07, 6.45) is 10.5. The van der Waals surface area contributed by atoms with Crippen LogP contribution in [0.5, 0.6) is 5.75 Å². The van der Waals surface area contributed by atoms with Gasteiger partial charge in [0.1, 0.15) is 16.9 Å². The van der Waals surface area contributed by atoms with Crippen LogP contribution in [-0.4, -0.2) is 65.9 Å². The molecule has 7 atom stereocenters. The van der Waals surface area contributed by atoms with E-state index in [1.807, 2.05) is 6.92 Å². The van der Waals surface area contributed by atoms with Gasteiger partial charge >= 0.3 is 17.6 Å². The van der Waals surface area contributed by atoms with Crippen molar-refractivity contribution in [3.63, 3.8) is 0 Å². The van der Waals surface area contributed by atoms with Gasteiger partial charge in [-0.2, -0.15) is 0 Å². The lowest BCUT2D eigenvalue weighted by molar-refractivity contribution is -0.199. The fraction of sp³-hybridized carbons (Fsp3) is 0.508. The molecule has 2 bridgehead atoms. The zero-order chi connectivity index (χ0) is 51.6. The van der Waals surface area contributed by atoms with Crippen molar-refractivity contribution in [2.24, 2.45) is 11.8 Å². The normalized spacial score (nSPS) is 26.5. The predicted molar refractivity (Wildman–Crippen MR) is 283 cm³/mol. The molecule has 7 unspecified atom stereocenters. The van der Waals surface area contributed by atoms with Gasteiger partial charge in [-0.1, -0.05) is 111 Å². The van der Waals surface area contributed by atoms with E-state index in [4.69, 9.17) is 23.4 Å². The van der Waals surface area contributed by atoms with Crippen LogP contribution in [0.3, 0.4) is 0 Å². The number of hydrogen-bond acceptors (Lipinski definition) is 11. The van der Waals surface area contributed by atoms with Crippen molar-refractivity contribution < 1.29 is 48.3 Å². The first-order valence-corrected chi connectivity index (χ1v) is 27.5. The second-order valence-corrected chi connectivity index (χ2v) is 22.3. The van der Waals surface area contributed by atoms with Gasteiger partial charge in [0.05, 0.1) is 25.4 Å². The topological polar surface area (TPSA) is 162 Å². The van der Waals surface area contributed by atoms with Crippen molar-refractivity contribution in [2.45, 2.75) is 164 Å². The van der Waals surface area contributed by atoms with Crippen LogP contribution in [0.15, 0.2) is 111 Å². The number of rotatable bonds is 11. The van der Waals surface area contributed by atoms with E-state index in [-0.39, 0.29) is 78.5 Å². The highest BCUT2D eigenvalue weighted by Crippen LogP contribution is 2.54. The number of hydrogen-bond donors (Lipinski definition) is 3. The van der Waals surface area contributed by atoms with Crippen LogP contribution in [0.25, 0.3) is 11.0 Å². The van der Waals surface area contributed by atoms with E-state index in [2.05, 4.69) is 78.9 Å². The van der Waals surface area contributed by atoms with Crippen molar-refractivity contribution in [1.82, 2.24) is 0 Å².